The van der Waals surface area contributed by atoms with E-state index in [0.29, 0.717) is 42.8 Å². The van der Waals surface area contributed by atoms with E-state index in [9.17, 15) is 17.6 Å². The van der Waals surface area contributed by atoms with Crippen molar-refractivity contribution >= 4 is 32.3 Å². The lowest BCUT2D eigenvalue weighted by Crippen LogP contribution is -2.49. The number of sulfone groups is 1. The van der Waals surface area contributed by atoms with Crippen molar-refractivity contribution in [2.45, 2.75) is 24.1 Å². The number of hydrogen-bond acceptors (Lipinski definition) is 4. The van der Waals surface area contributed by atoms with Crippen LogP contribution in [0.4, 0.5) is 10.1 Å². The Labute approximate surface area is 210 Å². The van der Waals surface area contributed by atoms with Gasteiger partial charge >= 0.3 is 0 Å². The van der Waals surface area contributed by atoms with Crippen molar-refractivity contribution in [1.82, 2.24) is 9.47 Å². The molecule has 1 aliphatic rings. The minimum atomic E-state index is -3.63. The highest BCUT2D eigenvalue weighted by atomic mass is 32.2. The van der Waals surface area contributed by atoms with Gasteiger partial charge < -0.3 is 14.4 Å². The minimum Gasteiger partial charge on any atom is -0.366 e. The molecule has 0 radical (unpaired) electrons. The van der Waals surface area contributed by atoms with Crippen LogP contribution < -0.4 is 4.90 Å². The molecule has 6 nitrogen and oxygen atoms in total. The average molecular weight is 506 g/mol. The Hall–Kier alpha value is -3.65. The van der Waals surface area contributed by atoms with Gasteiger partial charge in [-0.3, -0.25) is 4.79 Å². The van der Waals surface area contributed by atoms with Crippen LogP contribution in [0.15, 0.2) is 83.9 Å². The number of piperazine rings is 1. The summed E-state index contributed by atoms with van der Waals surface area (Å²) in [5.74, 6) is -0.457. The summed E-state index contributed by atoms with van der Waals surface area (Å²) in [6, 6.07) is 21.4. The van der Waals surface area contributed by atoms with Gasteiger partial charge in [-0.1, -0.05) is 54.6 Å². The molecule has 8 heteroatoms. The van der Waals surface area contributed by atoms with E-state index in [1.165, 1.54) is 6.07 Å². The summed E-state index contributed by atoms with van der Waals surface area (Å²) in [4.78, 5) is 17.1. The van der Waals surface area contributed by atoms with Crippen LogP contribution >= 0.6 is 0 Å². The molecule has 5 rings (SSSR count). The molecule has 0 saturated carbocycles. The number of aryl methyl sites for hydroxylation is 1. The van der Waals surface area contributed by atoms with E-state index in [0.717, 1.165) is 11.1 Å². The SMILES string of the molecule is Cc1ccccc1CS(=O)(=O)c1cn(CC(=O)N2CCN(c3ccccc3F)CC2)c2ccccc12. The zero-order valence-corrected chi connectivity index (χ0v) is 20.9. The first-order chi connectivity index (χ1) is 17.3. The number of carbonyl (C=O) groups excluding carboxylic acids is 1. The number of hydrogen-bond donors (Lipinski definition) is 0. The second kappa shape index (κ2) is 9.78. The average Bonchev–Trinajstić information content (AvgIpc) is 3.25. The number of para-hydroxylation sites is 2. The first-order valence-corrected chi connectivity index (χ1v) is 13.6. The Morgan fingerprint density at radius 1 is 0.889 bits per heavy atom. The third-order valence-corrected chi connectivity index (χ3v) is 8.51. The molecule has 186 valence electrons. The van der Waals surface area contributed by atoms with Gasteiger partial charge in [0.15, 0.2) is 9.84 Å². The van der Waals surface area contributed by atoms with Gasteiger partial charge in [-0.2, -0.15) is 0 Å². The Kier molecular flexibility index (Phi) is 6.53. The second-order valence-electron chi connectivity index (χ2n) is 9.14. The predicted molar refractivity (Wildman–Crippen MR) is 139 cm³/mol. The number of rotatable bonds is 6. The van der Waals surface area contributed by atoms with Crippen molar-refractivity contribution in [3.8, 4) is 0 Å². The predicted octanol–water partition coefficient (Wildman–Crippen LogP) is 4.41. The molecule has 0 spiro atoms. The lowest BCUT2D eigenvalue weighted by Gasteiger charge is -2.36. The third-order valence-electron chi connectivity index (χ3n) is 6.82. The van der Waals surface area contributed by atoms with E-state index in [-0.39, 0.29) is 28.9 Å². The van der Waals surface area contributed by atoms with Crippen LogP contribution in [-0.2, 0) is 26.9 Å². The second-order valence-corrected chi connectivity index (χ2v) is 11.1. The first-order valence-electron chi connectivity index (χ1n) is 12.0. The monoisotopic (exact) mass is 505 g/mol. The largest absolute Gasteiger partial charge is 0.366 e. The van der Waals surface area contributed by atoms with E-state index in [4.69, 9.17) is 0 Å². The molecular formula is C28H28FN3O3S. The number of anilines is 1. The maximum Gasteiger partial charge on any atom is 0.242 e. The van der Waals surface area contributed by atoms with Crippen LogP contribution in [-0.4, -0.2) is 50.0 Å². The molecule has 4 aromatic rings. The zero-order chi connectivity index (χ0) is 25.3. The molecule has 0 unspecified atom stereocenters. The van der Waals surface area contributed by atoms with Gasteiger partial charge in [-0.15, -0.1) is 0 Å². The normalized spacial score (nSPS) is 14.4. The Bertz CT molecular complexity index is 1520. The summed E-state index contributed by atoms with van der Waals surface area (Å²) >= 11 is 0. The molecule has 0 atom stereocenters. The molecule has 3 aromatic carbocycles. The van der Waals surface area contributed by atoms with Gasteiger partial charge in [0.2, 0.25) is 5.91 Å². The highest BCUT2D eigenvalue weighted by Gasteiger charge is 2.26. The molecule has 0 bridgehead atoms. The summed E-state index contributed by atoms with van der Waals surface area (Å²) in [6.45, 7) is 3.97. The molecular weight excluding hydrogens is 477 g/mol. The number of benzene rings is 3. The summed E-state index contributed by atoms with van der Waals surface area (Å²) in [5, 5.41) is 0.614. The van der Waals surface area contributed by atoms with Gasteiger partial charge in [0, 0.05) is 43.3 Å². The van der Waals surface area contributed by atoms with Crippen molar-refractivity contribution in [2.24, 2.45) is 0 Å². The van der Waals surface area contributed by atoms with Crippen LogP contribution in [0, 0.1) is 12.7 Å². The quantitative estimate of drug-likeness (QED) is 0.390. The molecule has 2 heterocycles. The van der Waals surface area contributed by atoms with Crippen molar-refractivity contribution < 1.29 is 17.6 Å². The summed E-state index contributed by atoms with van der Waals surface area (Å²) in [6.07, 6.45) is 1.59. The topological polar surface area (TPSA) is 62.6 Å². The molecule has 0 N–H and O–H groups in total. The molecule has 1 aromatic heterocycles. The van der Waals surface area contributed by atoms with Crippen LogP contribution in [0.1, 0.15) is 11.1 Å². The first kappa shape index (κ1) is 24.1. The molecule has 1 amide bonds. The Balaban J connectivity index is 1.35. The molecule has 1 fully saturated rings. The fourth-order valence-electron chi connectivity index (χ4n) is 4.80. The van der Waals surface area contributed by atoms with Crippen molar-refractivity contribution in [1.29, 1.82) is 0 Å². The van der Waals surface area contributed by atoms with Crippen LogP contribution in [0.3, 0.4) is 0 Å². The van der Waals surface area contributed by atoms with Crippen molar-refractivity contribution in [3.05, 3.63) is 95.9 Å². The fourth-order valence-corrected chi connectivity index (χ4v) is 6.48. The molecule has 1 aliphatic heterocycles. The Morgan fingerprint density at radius 2 is 1.56 bits per heavy atom. The maximum atomic E-state index is 14.1. The maximum absolute atomic E-state index is 14.1. The smallest absolute Gasteiger partial charge is 0.242 e. The highest BCUT2D eigenvalue weighted by Crippen LogP contribution is 2.29. The van der Waals surface area contributed by atoms with Gasteiger partial charge in [-0.25, -0.2) is 12.8 Å². The number of aromatic nitrogens is 1. The molecule has 0 aliphatic carbocycles. The Morgan fingerprint density at radius 3 is 2.31 bits per heavy atom. The number of carbonyl (C=O) groups is 1. The zero-order valence-electron chi connectivity index (χ0n) is 20.1. The number of halogens is 1. The van der Waals surface area contributed by atoms with E-state index >= 15 is 0 Å². The summed E-state index contributed by atoms with van der Waals surface area (Å²) in [5.41, 5.74) is 2.94. The third kappa shape index (κ3) is 4.73. The standard InChI is InChI=1S/C28H28FN3O3S/c1-21-8-2-3-9-22(21)20-36(34,35)27-18-32(25-12-6-4-10-23(25)27)19-28(33)31-16-14-30(15-17-31)26-13-7-5-11-24(26)29/h2-13,18H,14-17,19-20H2,1H3. The minimum absolute atomic E-state index is 0.0418. The molecule has 1 saturated heterocycles. The van der Waals surface area contributed by atoms with E-state index in [1.54, 1.807) is 39.9 Å². The summed E-state index contributed by atoms with van der Waals surface area (Å²) < 4.78 is 42.7. The van der Waals surface area contributed by atoms with Crippen molar-refractivity contribution in [2.75, 3.05) is 31.1 Å². The highest BCUT2D eigenvalue weighted by molar-refractivity contribution is 7.90. The fraction of sp³-hybridized carbons (Fsp3) is 0.250. The van der Waals surface area contributed by atoms with Crippen LogP contribution in [0.2, 0.25) is 0 Å². The van der Waals surface area contributed by atoms with E-state index in [2.05, 4.69) is 0 Å². The van der Waals surface area contributed by atoms with Crippen LogP contribution in [0.5, 0.6) is 0 Å². The van der Waals surface area contributed by atoms with Gasteiger partial charge in [0.25, 0.3) is 0 Å². The van der Waals surface area contributed by atoms with E-state index < -0.39 is 9.84 Å². The lowest BCUT2D eigenvalue weighted by atomic mass is 10.1. The van der Waals surface area contributed by atoms with Crippen LogP contribution in [0.25, 0.3) is 10.9 Å². The lowest BCUT2D eigenvalue weighted by molar-refractivity contribution is -0.132. The van der Waals surface area contributed by atoms with E-state index in [1.807, 2.05) is 54.3 Å². The van der Waals surface area contributed by atoms with Gasteiger partial charge in [0.05, 0.1) is 16.3 Å². The van der Waals surface area contributed by atoms with Gasteiger partial charge in [0.1, 0.15) is 12.4 Å². The summed E-state index contributed by atoms with van der Waals surface area (Å²) in [7, 11) is -3.63. The number of nitrogens with zero attached hydrogens (tertiary/aromatic N) is 3. The number of amides is 1. The van der Waals surface area contributed by atoms with Gasteiger partial charge in [-0.05, 0) is 36.2 Å². The molecule has 36 heavy (non-hydrogen) atoms. The van der Waals surface area contributed by atoms with Crippen molar-refractivity contribution in [3.63, 3.8) is 0 Å². The number of fused-ring (bicyclic) bond motifs is 1.